The summed E-state index contributed by atoms with van der Waals surface area (Å²) < 4.78 is 15.3. The van der Waals surface area contributed by atoms with Crippen LogP contribution >= 0.6 is 11.6 Å². The van der Waals surface area contributed by atoms with Gasteiger partial charge in [-0.15, -0.1) is 0 Å². The first-order chi connectivity index (χ1) is 9.69. The molecule has 20 heavy (non-hydrogen) atoms. The van der Waals surface area contributed by atoms with Gasteiger partial charge in [0.25, 0.3) is 0 Å². The highest BCUT2D eigenvalue weighted by atomic mass is 35.5. The minimum absolute atomic E-state index is 0.301. The van der Waals surface area contributed by atoms with Gasteiger partial charge in [-0.1, -0.05) is 42.8 Å². The summed E-state index contributed by atoms with van der Waals surface area (Å²) >= 11 is 6.12. The van der Waals surface area contributed by atoms with E-state index in [0.717, 1.165) is 12.0 Å². The van der Waals surface area contributed by atoms with E-state index in [-0.39, 0.29) is 5.82 Å². The minimum Gasteiger partial charge on any atom is -0.343 e. The Labute approximate surface area is 122 Å². The fourth-order valence-corrected chi connectivity index (χ4v) is 2.82. The predicted octanol–water partition coefficient (Wildman–Crippen LogP) is 5.04. The molecule has 0 saturated carbocycles. The maximum absolute atomic E-state index is 13.1. The van der Waals surface area contributed by atoms with Crippen molar-refractivity contribution in [2.24, 2.45) is 0 Å². The van der Waals surface area contributed by atoms with Gasteiger partial charge in [0.1, 0.15) is 5.82 Å². The second kappa shape index (κ2) is 5.29. The van der Waals surface area contributed by atoms with Gasteiger partial charge in [0, 0.05) is 17.8 Å². The van der Waals surface area contributed by atoms with Crippen LogP contribution in [0.15, 0.2) is 48.7 Å². The number of nitrogens with zero attached hydrogens (tertiary/aromatic N) is 1. The second-order valence-electron chi connectivity index (χ2n) is 4.89. The zero-order chi connectivity index (χ0) is 14.1. The lowest BCUT2D eigenvalue weighted by Crippen LogP contribution is -2.01. The van der Waals surface area contributed by atoms with E-state index in [1.807, 2.05) is 0 Å². The Balaban J connectivity index is 2.06. The van der Waals surface area contributed by atoms with Crippen molar-refractivity contribution >= 4 is 22.5 Å². The van der Waals surface area contributed by atoms with Gasteiger partial charge in [0.2, 0.25) is 0 Å². The first-order valence-corrected chi connectivity index (χ1v) is 7.07. The van der Waals surface area contributed by atoms with Gasteiger partial charge in [-0.2, -0.15) is 0 Å². The number of benzene rings is 2. The van der Waals surface area contributed by atoms with Gasteiger partial charge < -0.3 is 4.57 Å². The third-order valence-corrected chi connectivity index (χ3v) is 3.96. The maximum atomic E-state index is 13.1. The Morgan fingerprint density at radius 3 is 2.70 bits per heavy atom. The van der Waals surface area contributed by atoms with Crippen LogP contribution in [-0.2, 0) is 13.0 Å². The summed E-state index contributed by atoms with van der Waals surface area (Å²) in [5.41, 5.74) is 3.47. The molecule has 0 aliphatic rings. The standard InChI is InChI=1S/C17H15ClFN/c1-2-12-4-3-5-13-8-9-20(17(12)13)11-14-6-7-15(19)10-16(14)18/h3-10H,2,11H2,1H3. The first kappa shape index (κ1) is 13.2. The van der Waals surface area contributed by atoms with Gasteiger partial charge in [0.05, 0.1) is 5.52 Å². The lowest BCUT2D eigenvalue weighted by atomic mass is 10.1. The maximum Gasteiger partial charge on any atom is 0.124 e. The molecule has 3 heteroatoms. The van der Waals surface area contributed by atoms with Crippen molar-refractivity contribution in [3.63, 3.8) is 0 Å². The number of para-hydroxylation sites is 1. The Hall–Kier alpha value is -1.80. The molecular formula is C17H15ClFN. The van der Waals surface area contributed by atoms with Crippen LogP contribution < -0.4 is 0 Å². The smallest absolute Gasteiger partial charge is 0.124 e. The highest BCUT2D eigenvalue weighted by molar-refractivity contribution is 6.31. The number of aromatic nitrogens is 1. The van der Waals surface area contributed by atoms with Crippen molar-refractivity contribution in [1.29, 1.82) is 0 Å². The number of rotatable bonds is 3. The van der Waals surface area contributed by atoms with Crippen LogP contribution in [0.5, 0.6) is 0 Å². The first-order valence-electron chi connectivity index (χ1n) is 6.69. The molecule has 0 aliphatic heterocycles. The van der Waals surface area contributed by atoms with Crippen molar-refractivity contribution in [3.8, 4) is 0 Å². The van der Waals surface area contributed by atoms with E-state index in [4.69, 9.17) is 11.6 Å². The second-order valence-corrected chi connectivity index (χ2v) is 5.30. The van der Waals surface area contributed by atoms with Crippen molar-refractivity contribution in [3.05, 3.63) is 70.6 Å². The van der Waals surface area contributed by atoms with Crippen LogP contribution in [0.2, 0.25) is 5.02 Å². The Morgan fingerprint density at radius 1 is 1.10 bits per heavy atom. The Kier molecular flexibility index (Phi) is 3.49. The molecule has 0 spiro atoms. The molecule has 0 saturated heterocycles. The molecule has 1 aromatic heterocycles. The number of hydrogen-bond acceptors (Lipinski definition) is 0. The van der Waals surface area contributed by atoms with Crippen LogP contribution in [0, 0.1) is 5.82 Å². The van der Waals surface area contributed by atoms with E-state index in [1.54, 1.807) is 6.07 Å². The SMILES string of the molecule is CCc1cccc2ccn(Cc3ccc(F)cc3Cl)c12. The number of hydrogen-bond donors (Lipinski definition) is 0. The van der Waals surface area contributed by atoms with Gasteiger partial charge >= 0.3 is 0 Å². The summed E-state index contributed by atoms with van der Waals surface area (Å²) in [7, 11) is 0. The van der Waals surface area contributed by atoms with Gasteiger partial charge in [-0.05, 0) is 41.1 Å². The molecule has 0 radical (unpaired) electrons. The monoisotopic (exact) mass is 287 g/mol. The average molecular weight is 288 g/mol. The molecule has 0 unspecified atom stereocenters. The van der Waals surface area contributed by atoms with E-state index in [9.17, 15) is 4.39 Å². The summed E-state index contributed by atoms with van der Waals surface area (Å²) in [5.74, 6) is -0.301. The highest BCUT2D eigenvalue weighted by Crippen LogP contribution is 2.24. The molecular weight excluding hydrogens is 273 g/mol. The van der Waals surface area contributed by atoms with E-state index in [2.05, 4.69) is 42.0 Å². The molecule has 0 aliphatic carbocycles. The van der Waals surface area contributed by atoms with Crippen LogP contribution in [0.4, 0.5) is 4.39 Å². The molecule has 0 bridgehead atoms. The van der Waals surface area contributed by atoms with Gasteiger partial charge in [-0.3, -0.25) is 0 Å². The summed E-state index contributed by atoms with van der Waals surface area (Å²) in [5, 5.41) is 1.70. The molecule has 0 atom stereocenters. The van der Waals surface area contributed by atoms with E-state index >= 15 is 0 Å². The van der Waals surface area contributed by atoms with Crippen molar-refractivity contribution in [1.82, 2.24) is 4.57 Å². The van der Waals surface area contributed by atoms with Crippen molar-refractivity contribution < 1.29 is 4.39 Å². The van der Waals surface area contributed by atoms with E-state index in [0.29, 0.717) is 11.6 Å². The van der Waals surface area contributed by atoms with Crippen LogP contribution in [0.3, 0.4) is 0 Å². The highest BCUT2D eigenvalue weighted by Gasteiger charge is 2.08. The minimum atomic E-state index is -0.301. The molecule has 0 amide bonds. The lowest BCUT2D eigenvalue weighted by Gasteiger charge is -2.10. The largest absolute Gasteiger partial charge is 0.343 e. The van der Waals surface area contributed by atoms with Crippen LogP contribution in [0.1, 0.15) is 18.1 Å². The fourth-order valence-electron chi connectivity index (χ4n) is 2.59. The number of fused-ring (bicyclic) bond motifs is 1. The molecule has 102 valence electrons. The summed E-state index contributed by atoms with van der Waals surface area (Å²) in [4.78, 5) is 0. The van der Waals surface area contributed by atoms with Crippen LogP contribution in [0.25, 0.3) is 10.9 Å². The van der Waals surface area contributed by atoms with E-state index < -0.39 is 0 Å². The Bertz CT molecular complexity index is 761. The van der Waals surface area contributed by atoms with Gasteiger partial charge in [-0.25, -0.2) is 4.39 Å². The zero-order valence-electron chi connectivity index (χ0n) is 11.2. The molecule has 1 nitrogen and oxygen atoms in total. The summed E-state index contributed by atoms with van der Waals surface area (Å²) in [6, 6.07) is 13.0. The van der Waals surface area contributed by atoms with Gasteiger partial charge in [0.15, 0.2) is 0 Å². The molecule has 3 aromatic rings. The topological polar surface area (TPSA) is 4.93 Å². The molecule has 1 heterocycles. The third kappa shape index (κ3) is 2.32. The van der Waals surface area contributed by atoms with Crippen molar-refractivity contribution in [2.45, 2.75) is 19.9 Å². The zero-order valence-corrected chi connectivity index (χ0v) is 12.0. The molecule has 3 rings (SSSR count). The summed E-state index contributed by atoms with van der Waals surface area (Å²) in [6.07, 6.45) is 3.04. The predicted molar refractivity (Wildman–Crippen MR) is 81.8 cm³/mol. The fraction of sp³-hybridized carbons (Fsp3) is 0.176. The Morgan fingerprint density at radius 2 is 1.95 bits per heavy atom. The molecule has 0 fully saturated rings. The molecule has 0 N–H and O–H groups in total. The average Bonchev–Trinajstić information content (AvgIpc) is 2.85. The third-order valence-electron chi connectivity index (χ3n) is 3.61. The normalized spacial score (nSPS) is 11.2. The number of halogens is 2. The lowest BCUT2D eigenvalue weighted by molar-refractivity contribution is 0.626. The van der Waals surface area contributed by atoms with Crippen LogP contribution in [-0.4, -0.2) is 4.57 Å². The summed E-state index contributed by atoms with van der Waals surface area (Å²) in [6.45, 7) is 2.80. The quantitative estimate of drug-likeness (QED) is 0.636. The number of aryl methyl sites for hydroxylation is 1. The van der Waals surface area contributed by atoms with E-state index in [1.165, 1.54) is 28.6 Å². The molecule has 2 aromatic carbocycles. The van der Waals surface area contributed by atoms with Crippen molar-refractivity contribution in [2.75, 3.05) is 0 Å².